The number of halogens is 2. The molecule has 4 nitrogen and oxygen atoms in total. The maximum Gasteiger partial charge on any atom is 0.295 e. The topological polar surface area (TPSA) is 50.5 Å². The minimum Gasteiger partial charge on any atom is -0.450 e. The van der Waals surface area contributed by atoms with Crippen LogP contribution in [0.3, 0.4) is 0 Å². The van der Waals surface area contributed by atoms with Crippen molar-refractivity contribution in [1.29, 1.82) is 0 Å². The maximum atomic E-state index is 13.8. The number of carbonyl (C=O) groups excluding carboxylic acids is 1. The van der Waals surface area contributed by atoms with Gasteiger partial charge in [-0.1, -0.05) is 41.9 Å². The van der Waals surface area contributed by atoms with Crippen molar-refractivity contribution < 1.29 is 13.6 Å². The highest BCUT2D eigenvalue weighted by atomic mass is 35.5. The van der Waals surface area contributed by atoms with Crippen molar-refractivity contribution in [2.75, 3.05) is 4.90 Å². The van der Waals surface area contributed by atoms with Crippen LogP contribution in [0, 0.1) is 5.82 Å². The van der Waals surface area contributed by atoms with Gasteiger partial charge in [0, 0.05) is 10.7 Å². The molecule has 3 aromatic carbocycles. The minimum atomic E-state index is -0.734. The molecule has 4 aromatic rings. The molecule has 142 valence electrons. The standard InChI is InChI=1S/C23H13ClFNO3/c24-14-6-4-5-13(11-14)20-19-21(27)17-12-15(25)9-10-18(17)29-22(19)23(28)26(20)16-7-2-1-3-8-16/h1-12,20H. The van der Waals surface area contributed by atoms with Crippen LogP contribution in [0.25, 0.3) is 11.0 Å². The lowest BCUT2D eigenvalue weighted by Crippen LogP contribution is -2.29. The zero-order chi connectivity index (χ0) is 20.1. The molecule has 2 heterocycles. The van der Waals surface area contributed by atoms with E-state index in [1.807, 2.05) is 18.2 Å². The van der Waals surface area contributed by atoms with Crippen LogP contribution in [0.4, 0.5) is 10.1 Å². The number of rotatable bonds is 2. The average Bonchev–Trinajstić information content (AvgIpc) is 3.02. The first-order valence-electron chi connectivity index (χ1n) is 8.95. The van der Waals surface area contributed by atoms with Crippen LogP contribution in [0.2, 0.25) is 5.02 Å². The van der Waals surface area contributed by atoms with Gasteiger partial charge in [0.15, 0.2) is 5.43 Å². The summed E-state index contributed by atoms with van der Waals surface area (Å²) in [6, 6.07) is 18.9. The quantitative estimate of drug-likeness (QED) is 0.452. The van der Waals surface area contributed by atoms with Crippen molar-refractivity contribution in [3.63, 3.8) is 0 Å². The first-order chi connectivity index (χ1) is 14.0. The van der Waals surface area contributed by atoms with Crippen molar-refractivity contribution >= 4 is 34.2 Å². The van der Waals surface area contributed by atoms with Crippen molar-refractivity contribution in [3.05, 3.63) is 111 Å². The zero-order valence-corrected chi connectivity index (χ0v) is 15.7. The third kappa shape index (κ3) is 2.74. The predicted octanol–water partition coefficient (Wildman–Crippen LogP) is 5.34. The second kappa shape index (κ2) is 6.57. The van der Waals surface area contributed by atoms with E-state index in [-0.39, 0.29) is 22.3 Å². The van der Waals surface area contributed by atoms with Gasteiger partial charge in [0.25, 0.3) is 5.91 Å². The van der Waals surface area contributed by atoms with Crippen molar-refractivity contribution in [2.24, 2.45) is 0 Å². The van der Waals surface area contributed by atoms with E-state index in [0.717, 1.165) is 6.07 Å². The first-order valence-corrected chi connectivity index (χ1v) is 9.33. The van der Waals surface area contributed by atoms with E-state index in [9.17, 15) is 14.0 Å². The number of fused-ring (bicyclic) bond motifs is 2. The number of carbonyl (C=O) groups is 1. The predicted molar refractivity (Wildman–Crippen MR) is 109 cm³/mol. The van der Waals surface area contributed by atoms with E-state index in [4.69, 9.17) is 16.0 Å². The average molecular weight is 406 g/mol. The molecule has 0 saturated heterocycles. The minimum absolute atomic E-state index is 0.0389. The molecule has 1 aliphatic rings. The van der Waals surface area contributed by atoms with E-state index in [1.165, 1.54) is 17.0 Å². The fourth-order valence-electron chi connectivity index (χ4n) is 3.79. The summed E-state index contributed by atoms with van der Waals surface area (Å²) in [4.78, 5) is 28.2. The molecule has 6 heteroatoms. The third-order valence-corrected chi connectivity index (χ3v) is 5.27. The number of benzene rings is 3. The molecule has 0 radical (unpaired) electrons. The molecule has 1 atom stereocenters. The molecule has 5 rings (SSSR count). The summed E-state index contributed by atoms with van der Waals surface area (Å²) in [7, 11) is 0. The maximum absolute atomic E-state index is 13.8. The SMILES string of the molecule is O=C1c2oc3ccc(F)cc3c(=O)c2C(c2cccc(Cl)c2)N1c1ccccc1. The van der Waals surface area contributed by atoms with Gasteiger partial charge >= 0.3 is 0 Å². The molecule has 0 bridgehead atoms. The molecule has 1 aliphatic heterocycles. The lowest BCUT2D eigenvalue weighted by atomic mass is 9.98. The summed E-state index contributed by atoms with van der Waals surface area (Å²) in [5.74, 6) is -1.02. The zero-order valence-electron chi connectivity index (χ0n) is 14.9. The molecule has 0 N–H and O–H groups in total. The molecule has 1 aromatic heterocycles. The van der Waals surface area contributed by atoms with Crippen LogP contribution in [0.1, 0.15) is 27.7 Å². The summed E-state index contributed by atoms with van der Waals surface area (Å²) in [5, 5.41) is 0.575. The molecule has 0 saturated carbocycles. The Kier molecular flexibility index (Phi) is 4.00. The smallest absolute Gasteiger partial charge is 0.295 e. The lowest BCUT2D eigenvalue weighted by Gasteiger charge is -2.25. The fourth-order valence-corrected chi connectivity index (χ4v) is 3.99. The van der Waals surface area contributed by atoms with Gasteiger partial charge in [0.1, 0.15) is 11.4 Å². The number of nitrogens with zero attached hydrogens (tertiary/aromatic N) is 1. The second-order valence-corrected chi connectivity index (χ2v) is 7.22. The summed E-state index contributed by atoms with van der Waals surface area (Å²) in [6.07, 6.45) is 0. The van der Waals surface area contributed by atoms with Crippen LogP contribution >= 0.6 is 11.6 Å². The Morgan fingerprint density at radius 3 is 2.48 bits per heavy atom. The van der Waals surface area contributed by atoms with Crippen LogP contribution < -0.4 is 10.3 Å². The Hall–Kier alpha value is -3.44. The summed E-state index contributed by atoms with van der Waals surface area (Å²) < 4.78 is 19.6. The molecule has 1 amide bonds. The normalized spacial score (nSPS) is 15.7. The lowest BCUT2D eigenvalue weighted by molar-refractivity contribution is 0.0971. The molecule has 0 aliphatic carbocycles. The van der Waals surface area contributed by atoms with E-state index in [1.54, 1.807) is 36.4 Å². The molecular formula is C23H13ClFNO3. The molecule has 0 spiro atoms. The van der Waals surface area contributed by atoms with Gasteiger partial charge in [-0.3, -0.25) is 14.5 Å². The summed E-state index contributed by atoms with van der Waals surface area (Å²) >= 11 is 6.18. The Morgan fingerprint density at radius 2 is 1.72 bits per heavy atom. The van der Waals surface area contributed by atoms with Gasteiger partial charge < -0.3 is 4.42 Å². The van der Waals surface area contributed by atoms with Crippen LogP contribution in [0.15, 0.2) is 82.0 Å². The molecule has 0 fully saturated rings. The van der Waals surface area contributed by atoms with E-state index in [2.05, 4.69) is 0 Å². The van der Waals surface area contributed by atoms with Gasteiger partial charge in [0.05, 0.1) is 17.0 Å². The van der Waals surface area contributed by atoms with Crippen LogP contribution in [-0.2, 0) is 0 Å². The van der Waals surface area contributed by atoms with Gasteiger partial charge in [0.2, 0.25) is 5.76 Å². The second-order valence-electron chi connectivity index (χ2n) is 6.78. The molecule has 1 unspecified atom stereocenters. The van der Waals surface area contributed by atoms with Gasteiger partial charge in [-0.2, -0.15) is 0 Å². The highest BCUT2D eigenvalue weighted by Gasteiger charge is 2.43. The van der Waals surface area contributed by atoms with E-state index >= 15 is 0 Å². The Morgan fingerprint density at radius 1 is 0.931 bits per heavy atom. The van der Waals surface area contributed by atoms with Crippen LogP contribution in [0.5, 0.6) is 0 Å². The van der Waals surface area contributed by atoms with Crippen molar-refractivity contribution in [3.8, 4) is 0 Å². The van der Waals surface area contributed by atoms with Crippen LogP contribution in [-0.4, -0.2) is 5.91 Å². The monoisotopic (exact) mass is 405 g/mol. The largest absolute Gasteiger partial charge is 0.450 e. The summed E-state index contributed by atoms with van der Waals surface area (Å²) in [6.45, 7) is 0. The number of amides is 1. The number of hydrogen-bond acceptors (Lipinski definition) is 3. The Balaban J connectivity index is 1.84. The Bertz CT molecular complexity index is 1330. The number of para-hydroxylation sites is 1. The van der Waals surface area contributed by atoms with Crippen molar-refractivity contribution in [1.82, 2.24) is 0 Å². The molecular weight excluding hydrogens is 393 g/mol. The fraction of sp³-hybridized carbons (Fsp3) is 0.0435. The highest BCUT2D eigenvalue weighted by Crippen LogP contribution is 2.41. The van der Waals surface area contributed by atoms with E-state index < -0.39 is 23.2 Å². The van der Waals surface area contributed by atoms with Gasteiger partial charge in [-0.15, -0.1) is 0 Å². The van der Waals surface area contributed by atoms with Gasteiger partial charge in [-0.05, 0) is 48.0 Å². The third-order valence-electron chi connectivity index (χ3n) is 5.03. The number of hydrogen-bond donors (Lipinski definition) is 0. The first kappa shape index (κ1) is 17.6. The Labute approximate surface area is 169 Å². The molecule has 29 heavy (non-hydrogen) atoms. The van der Waals surface area contributed by atoms with Crippen molar-refractivity contribution in [2.45, 2.75) is 6.04 Å². The number of anilines is 1. The highest BCUT2D eigenvalue weighted by molar-refractivity contribution is 6.30. The van der Waals surface area contributed by atoms with Gasteiger partial charge in [-0.25, -0.2) is 4.39 Å². The summed E-state index contributed by atoms with van der Waals surface area (Å²) in [5.41, 5.74) is 1.19. The van der Waals surface area contributed by atoms with E-state index in [0.29, 0.717) is 16.3 Å².